The second kappa shape index (κ2) is 7.58. The Morgan fingerprint density at radius 2 is 2.00 bits per heavy atom. The molecule has 0 radical (unpaired) electrons. The van der Waals surface area contributed by atoms with Crippen LogP contribution in [0.3, 0.4) is 0 Å². The van der Waals surface area contributed by atoms with Crippen LogP contribution in [-0.2, 0) is 9.53 Å². The molecule has 3 rings (SSSR count). The van der Waals surface area contributed by atoms with Gasteiger partial charge in [-0.05, 0) is 42.8 Å². The molecule has 2 aromatic carbocycles. The topological polar surface area (TPSA) is 75.7 Å². The average molecular weight is 373 g/mol. The molecule has 2 amide bonds. The molecule has 1 aliphatic heterocycles. The smallest absolute Gasteiger partial charge is 0.339 e. The van der Waals surface area contributed by atoms with Gasteiger partial charge in [0, 0.05) is 29.9 Å². The number of amides is 2. The van der Waals surface area contributed by atoms with Crippen LogP contribution < -0.4 is 10.2 Å². The van der Waals surface area contributed by atoms with E-state index in [0.29, 0.717) is 29.9 Å². The Bertz CT molecular complexity index is 882. The predicted octanol–water partition coefficient (Wildman–Crippen LogP) is 3.51. The molecule has 1 heterocycles. The number of rotatable bonds is 4. The molecular weight excluding hydrogens is 356 g/mol. The fourth-order valence-electron chi connectivity index (χ4n) is 2.81. The highest BCUT2D eigenvalue weighted by molar-refractivity contribution is 6.33. The van der Waals surface area contributed by atoms with Crippen molar-refractivity contribution in [3.05, 3.63) is 58.6 Å². The standard InChI is InChI=1S/C19H17ClN2O4/c1-26-19(25)15-11-13(7-8-16(15)20)21-18(24)12-4-2-5-14(10-12)22-9-3-6-17(22)23/h2,4-5,7-8,10-11H,3,6,9H2,1H3,(H,21,24). The third-order valence-corrected chi connectivity index (χ3v) is 4.45. The molecule has 0 spiro atoms. The lowest BCUT2D eigenvalue weighted by Gasteiger charge is -2.16. The normalized spacial score (nSPS) is 13.6. The minimum absolute atomic E-state index is 0.0583. The maximum atomic E-state index is 12.5. The number of hydrogen-bond donors (Lipinski definition) is 1. The van der Waals surface area contributed by atoms with Gasteiger partial charge in [-0.25, -0.2) is 4.79 Å². The van der Waals surface area contributed by atoms with Crippen molar-refractivity contribution < 1.29 is 19.1 Å². The molecular formula is C19H17ClN2O4. The van der Waals surface area contributed by atoms with Crippen LogP contribution in [0.25, 0.3) is 0 Å². The first-order chi connectivity index (χ1) is 12.5. The number of nitrogens with one attached hydrogen (secondary N) is 1. The summed E-state index contributed by atoms with van der Waals surface area (Å²) in [4.78, 5) is 37.8. The second-order valence-corrected chi connectivity index (χ2v) is 6.25. The van der Waals surface area contributed by atoms with Gasteiger partial charge in [-0.2, -0.15) is 0 Å². The van der Waals surface area contributed by atoms with Crippen molar-refractivity contribution in [2.24, 2.45) is 0 Å². The fraction of sp³-hybridized carbons (Fsp3) is 0.211. The van der Waals surface area contributed by atoms with E-state index in [4.69, 9.17) is 11.6 Å². The molecule has 6 nitrogen and oxygen atoms in total. The average Bonchev–Trinajstić information content (AvgIpc) is 3.08. The number of nitrogens with zero attached hydrogens (tertiary/aromatic N) is 1. The summed E-state index contributed by atoms with van der Waals surface area (Å²) in [6.07, 6.45) is 1.34. The summed E-state index contributed by atoms with van der Waals surface area (Å²) in [5, 5.41) is 2.97. The zero-order valence-electron chi connectivity index (χ0n) is 14.1. The lowest BCUT2D eigenvalue weighted by molar-refractivity contribution is -0.117. The molecule has 0 aliphatic carbocycles. The SMILES string of the molecule is COC(=O)c1cc(NC(=O)c2cccc(N3CCCC3=O)c2)ccc1Cl. The van der Waals surface area contributed by atoms with E-state index >= 15 is 0 Å². The van der Waals surface area contributed by atoms with E-state index < -0.39 is 5.97 Å². The second-order valence-electron chi connectivity index (χ2n) is 5.84. The minimum atomic E-state index is -0.583. The summed E-state index contributed by atoms with van der Waals surface area (Å²) in [6, 6.07) is 11.4. The number of halogens is 1. The van der Waals surface area contributed by atoms with Gasteiger partial charge in [0.2, 0.25) is 5.91 Å². The summed E-state index contributed by atoms with van der Waals surface area (Å²) in [6.45, 7) is 0.656. The largest absolute Gasteiger partial charge is 0.465 e. The van der Waals surface area contributed by atoms with Crippen LogP contribution in [0.1, 0.15) is 33.6 Å². The number of hydrogen-bond acceptors (Lipinski definition) is 4. The summed E-state index contributed by atoms with van der Waals surface area (Å²) >= 11 is 5.98. The Labute approximate surface area is 155 Å². The lowest BCUT2D eigenvalue weighted by atomic mass is 10.1. The van der Waals surface area contributed by atoms with Gasteiger partial charge in [-0.15, -0.1) is 0 Å². The Balaban J connectivity index is 1.80. The molecule has 26 heavy (non-hydrogen) atoms. The van der Waals surface area contributed by atoms with Crippen LogP contribution in [0.2, 0.25) is 5.02 Å². The van der Waals surface area contributed by atoms with Gasteiger partial charge >= 0.3 is 5.97 Å². The van der Waals surface area contributed by atoms with Crippen molar-refractivity contribution in [1.82, 2.24) is 0 Å². The molecule has 0 unspecified atom stereocenters. The molecule has 1 N–H and O–H groups in total. The van der Waals surface area contributed by atoms with Crippen molar-refractivity contribution >= 4 is 40.8 Å². The molecule has 2 aromatic rings. The van der Waals surface area contributed by atoms with Crippen LogP contribution in [0.15, 0.2) is 42.5 Å². The van der Waals surface area contributed by atoms with E-state index in [0.717, 1.165) is 6.42 Å². The number of ether oxygens (including phenoxy) is 1. The third kappa shape index (κ3) is 3.70. The molecule has 0 saturated carbocycles. The Hall–Kier alpha value is -2.86. The van der Waals surface area contributed by atoms with Gasteiger partial charge in [-0.1, -0.05) is 17.7 Å². The summed E-state index contributed by atoms with van der Waals surface area (Å²) in [5.41, 5.74) is 1.70. The zero-order chi connectivity index (χ0) is 18.7. The monoisotopic (exact) mass is 372 g/mol. The van der Waals surface area contributed by atoms with E-state index in [-0.39, 0.29) is 22.4 Å². The highest BCUT2D eigenvalue weighted by Crippen LogP contribution is 2.24. The quantitative estimate of drug-likeness (QED) is 0.833. The zero-order valence-corrected chi connectivity index (χ0v) is 14.9. The molecule has 0 atom stereocenters. The van der Waals surface area contributed by atoms with Gasteiger partial charge in [0.1, 0.15) is 0 Å². The molecule has 1 aliphatic rings. The van der Waals surface area contributed by atoms with Gasteiger partial charge in [0.25, 0.3) is 5.91 Å². The van der Waals surface area contributed by atoms with Crippen LogP contribution in [0.4, 0.5) is 11.4 Å². The van der Waals surface area contributed by atoms with Crippen molar-refractivity contribution in [2.75, 3.05) is 23.9 Å². The van der Waals surface area contributed by atoms with E-state index in [1.807, 2.05) is 0 Å². The van der Waals surface area contributed by atoms with E-state index in [1.54, 1.807) is 35.2 Å². The van der Waals surface area contributed by atoms with Gasteiger partial charge in [0.15, 0.2) is 0 Å². The molecule has 134 valence electrons. The van der Waals surface area contributed by atoms with Crippen molar-refractivity contribution in [3.8, 4) is 0 Å². The molecule has 0 aromatic heterocycles. The fourth-order valence-corrected chi connectivity index (χ4v) is 3.00. The third-order valence-electron chi connectivity index (χ3n) is 4.12. The van der Waals surface area contributed by atoms with Gasteiger partial charge in [-0.3, -0.25) is 9.59 Å². The van der Waals surface area contributed by atoms with E-state index in [9.17, 15) is 14.4 Å². The maximum Gasteiger partial charge on any atom is 0.339 e. The van der Waals surface area contributed by atoms with E-state index in [2.05, 4.69) is 10.1 Å². The van der Waals surface area contributed by atoms with Crippen LogP contribution >= 0.6 is 11.6 Å². The van der Waals surface area contributed by atoms with Crippen molar-refractivity contribution in [1.29, 1.82) is 0 Å². The Morgan fingerprint density at radius 1 is 1.19 bits per heavy atom. The first-order valence-electron chi connectivity index (χ1n) is 8.09. The number of carbonyl (C=O) groups is 3. The van der Waals surface area contributed by atoms with Gasteiger partial charge < -0.3 is 15.0 Å². The summed E-state index contributed by atoms with van der Waals surface area (Å²) in [5.74, 6) is -0.875. The van der Waals surface area contributed by atoms with Crippen molar-refractivity contribution in [2.45, 2.75) is 12.8 Å². The predicted molar refractivity (Wildman–Crippen MR) is 98.8 cm³/mol. The number of anilines is 2. The maximum absolute atomic E-state index is 12.5. The first kappa shape index (κ1) is 17.9. The number of benzene rings is 2. The van der Waals surface area contributed by atoms with Crippen molar-refractivity contribution in [3.63, 3.8) is 0 Å². The van der Waals surface area contributed by atoms with Crippen LogP contribution in [-0.4, -0.2) is 31.4 Å². The first-order valence-corrected chi connectivity index (χ1v) is 8.47. The molecule has 1 saturated heterocycles. The molecule has 0 bridgehead atoms. The molecule has 7 heteroatoms. The number of esters is 1. The van der Waals surface area contributed by atoms with E-state index in [1.165, 1.54) is 19.2 Å². The lowest BCUT2D eigenvalue weighted by Crippen LogP contribution is -2.24. The highest BCUT2D eigenvalue weighted by atomic mass is 35.5. The minimum Gasteiger partial charge on any atom is -0.465 e. The number of methoxy groups -OCH3 is 1. The summed E-state index contributed by atoms with van der Waals surface area (Å²) in [7, 11) is 1.26. The van der Waals surface area contributed by atoms with Gasteiger partial charge in [0.05, 0.1) is 17.7 Å². The Kier molecular flexibility index (Phi) is 5.23. The highest BCUT2D eigenvalue weighted by Gasteiger charge is 2.22. The van der Waals surface area contributed by atoms with Crippen LogP contribution in [0.5, 0.6) is 0 Å². The number of carbonyl (C=O) groups excluding carboxylic acids is 3. The van der Waals surface area contributed by atoms with Crippen LogP contribution in [0, 0.1) is 0 Å². The Morgan fingerprint density at radius 3 is 2.69 bits per heavy atom. The molecule has 1 fully saturated rings. The summed E-state index contributed by atoms with van der Waals surface area (Å²) < 4.78 is 4.67.